The van der Waals surface area contributed by atoms with Crippen molar-refractivity contribution in [1.29, 1.82) is 0 Å². The summed E-state index contributed by atoms with van der Waals surface area (Å²) < 4.78 is 13.9. The van der Waals surface area contributed by atoms with Crippen LogP contribution in [0, 0.1) is 10.1 Å². The minimum Gasteiger partial charge on any atom is -0.493 e. The lowest BCUT2D eigenvalue weighted by Crippen LogP contribution is -2.23. The number of nitro groups is 1. The molecule has 0 radical (unpaired) electrons. The van der Waals surface area contributed by atoms with Crippen LogP contribution in [0.15, 0.2) is 81.6 Å². The van der Waals surface area contributed by atoms with Gasteiger partial charge in [-0.05, 0) is 54.3 Å². The van der Waals surface area contributed by atoms with Crippen molar-refractivity contribution in [3.63, 3.8) is 0 Å². The van der Waals surface area contributed by atoms with E-state index in [0.29, 0.717) is 45.8 Å². The molecule has 0 aliphatic heterocycles. The van der Waals surface area contributed by atoms with Gasteiger partial charge in [0, 0.05) is 28.1 Å². The molecule has 1 atom stereocenters. The Morgan fingerprint density at radius 2 is 2.02 bits per heavy atom. The number of nitro benzene ring substituents is 1. The first-order valence-electron chi connectivity index (χ1n) is 12.7. The molecular weight excluding hydrogens is 576 g/mol. The normalized spacial score (nSPS) is 12.0. The Labute approximate surface area is 240 Å². The molecule has 4 rings (SSSR count). The summed E-state index contributed by atoms with van der Waals surface area (Å²) in [7, 11) is 1.53. The van der Waals surface area contributed by atoms with Gasteiger partial charge in [0.25, 0.3) is 11.2 Å². The minimum atomic E-state index is -0.441. The molecule has 0 aliphatic carbocycles. The Kier molecular flexibility index (Phi) is 9.11. The van der Waals surface area contributed by atoms with Crippen LogP contribution in [0.5, 0.6) is 11.5 Å². The lowest BCUT2D eigenvalue weighted by molar-refractivity contribution is -0.384. The number of aromatic nitrogens is 2. The SMILES string of the molecule is C=CCc1cc(C=Nn2c([C@H](C)CC)nc3ccc(Br)cc3c2=O)cc(OC)c1OCc1cccc([N+](=O)[O-])c1. The second-order valence-electron chi connectivity index (χ2n) is 9.22. The summed E-state index contributed by atoms with van der Waals surface area (Å²) in [4.78, 5) is 28.9. The maximum Gasteiger partial charge on any atom is 0.282 e. The third kappa shape index (κ3) is 6.28. The standard InChI is InChI=1S/C30H29BrN4O5/c1-5-8-22-13-21(15-27(39-4)28(22)40-18-20-9-7-10-24(14-20)35(37)38)17-32-34-29(19(3)6-2)33-26-12-11-23(31)16-25(26)30(34)36/h5,7,9-17,19H,1,6,8,18H2,2-4H3/t19-/m1/s1. The Morgan fingerprint density at radius 1 is 1.23 bits per heavy atom. The summed E-state index contributed by atoms with van der Waals surface area (Å²) in [6.07, 6.45) is 4.61. The summed E-state index contributed by atoms with van der Waals surface area (Å²) >= 11 is 3.43. The summed E-state index contributed by atoms with van der Waals surface area (Å²) in [5.74, 6) is 1.55. The number of allylic oxidation sites excluding steroid dienone is 1. The summed E-state index contributed by atoms with van der Waals surface area (Å²) in [5.41, 5.74) is 2.49. The molecule has 0 amide bonds. The lowest BCUT2D eigenvalue weighted by Gasteiger charge is -2.16. The van der Waals surface area contributed by atoms with Gasteiger partial charge in [0.05, 0.1) is 29.2 Å². The average molecular weight is 605 g/mol. The number of benzene rings is 3. The molecule has 10 heteroatoms. The largest absolute Gasteiger partial charge is 0.493 e. The number of nitrogens with zero attached hydrogens (tertiary/aromatic N) is 4. The highest BCUT2D eigenvalue weighted by Crippen LogP contribution is 2.34. The van der Waals surface area contributed by atoms with Crippen LogP contribution < -0.4 is 15.0 Å². The zero-order valence-corrected chi connectivity index (χ0v) is 24.1. The van der Waals surface area contributed by atoms with Crippen molar-refractivity contribution < 1.29 is 14.4 Å². The summed E-state index contributed by atoms with van der Waals surface area (Å²) in [6, 6.07) is 15.4. The number of rotatable bonds is 11. The van der Waals surface area contributed by atoms with E-state index in [1.165, 1.54) is 23.9 Å². The highest BCUT2D eigenvalue weighted by Gasteiger charge is 2.17. The second-order valence-corrected chi connectivity index (χ2v) is 10.1. The highest BCUT2D eigenvalue weighted by atomic mass is 79.9. The number of hydrogen-bond acceptors (Lipinski definition) is 7. The number of hydrogen-bond donors (Lipinski definition) is 0. The Bertz CT molecular complexity index is 1660. The van der Waals surface area contributed by atoms with Crippen molar-refractivity contribution in [3.05, 3.63) is 115 Å². The van der Waals surface area contributed by atoms with Crippen LogP contribution in [-0.4, -0.2) is 27.9 Å². The monoisotopic (exact) mass is 604 g/mol. The molecule has 0 aliphatic rings. The number of ether oxygens (including phenoxy) is 2. The minimum absolute atomic E-state index is 0.00604. The first-order chi connectivity index (χ1) is 19.2. The van der Waals surface area contributed by atoms with Crippen LogP contribution in [0.1, 0.15) is 48.7 Å². The molecule has 1 aromatic heterocycles. The number of non-ortho nitro benzene ring substituents is 1. The van der Waals surface area contributed by atoms with Crippen molar-refractivity contribution in [1.82, 2.24) is 9.66 Å². The van der Waals surface area contributed by atoms with E-state index < -0.39 is 4.92 Å². The van der Waals surface area contributed by atoms with Gasteiger partial charge < -0.3 is 9.47 Å². The van der Waals surface area contributed by atoms with Crippen LogP contribution in [0.25, 0.3) is 10.9 Å². The number of methoxy groups -OCH3 is 1. The molecule has 0 fully saturated rings. The van der Waals surface area contributed by atoms with E-state index in [-0.39, 0.29) is 23.8 Å². The summed E-state index contributed by atoms with van der Waals surface area (Å²) in [6.45, 7) is 8.01. The van der Waals surface area contributed by atoms with Crippen molar-refractivity contribution in [2.75, 3.05) is 7.11 Å². The molecule has 0 saturated carbocycles. The van der Waals surface area contributed by atoms with Crippen LogP contribution >= 0.6 is 15.9 Å². The van der Waals surface area contributed by atoms with Crippen LogP contribution in [-0.2, 0) is 13.0 Å². The van der Waals surface area contributed by atoms with Crippen LogP contribution in [0.3, 0.4) is 0 Å². The molecule has 9 nitrogen and oxygen atoms in total. The predicted octanol–water partition coefficient (Wildman–Crippen LogP) is 6.78. The van der Waals surface area contributed by atoms with Gasteiger partial charge in [-0.1, -0.05) is 48.0 Å². The molecule has 3 aromatic carbocycles. The average Bonchev–Trinajstić information content (AvgIpc) is 2.95. The molecule has 0 bridgehead atoms. The van der Waals surface area contributed by atoms with E-state index in [0.717, 1.165) is 16.5 Å². The molecule has 0 N–H and O–H groups in total. The van der Waals surface area contributed by atoms with Gasteiger partial charge in [-0.15, -0.1) is 6.58 Å². The van der Waals surface area contributed by atoms with Crippen molar-refractivity contribution in [3.8, 4) is 11.5 Å². The molecule has 40 heavy (non-hydrogen) atoms. The maximum absolute atomic E-state index is 13.5. The van der Waals surface area contributed by atoms with Crippen molar-refractivity contribution in [2.24, 2.45) is 5.10 Å². The van der Waals surface area contributed by atoms with E-state index >= 15 is 0 Å². The number of fused-ring (bicyclic) bond motifs is 1. The fourth-order valence-corrected chi connectivity index (χ4v) is 4.56. The van der Waals surface area contributed by atoms with Crippen LogP contribution in [0.2, 0.25) is 0 Å². The van der Waals surface area contributed by atoms with Crippen molar-refractivity contribution in [2.45, 2.75) is 39.2 Å². The van der Waals surface area contributed by atoms with Gasteiger partial charge in [0.2, 0.25) is 0 Å². The quantitative estimate of drug-likeness (QED) is 0.0807. The Morgan fingerprint density at radius 3 is 2.73 bits per heavy atom. The molecule has 4 aromatic rings. The fourth-order valence-electron chi connectivity index (χ4n) is 4.20. The maximum atomic E-state index is 13.5. The third-order valence-corrected chi connectivity index (χ3v) is 6.94. The van der Waals surface area contributed by atoms with Gasteiger partial charge in [-0.3, -0.25) is 14.9 Å². The fraction of sp³-hybridized carbons (Fsp3) is 0.233. The summed E-state index contributed by atoms with van der Waals surface area (Å²) in [5, 5.41) is 16.2. The topological polar surface area (TPSA) is 109 Å². The second kappa shape index (κ2) is 12.7. The predicted molar refractivity (Wildman–Crippen MR) is 160 cm³/mol. The molecule has 0 spiro atoms. The highest BCUT2D eigenvalue weighted by molar-refractivity contribution is 9.10. The first-order valence-corrected chi connectivity index (χ1v) is 13.5. The first kappa shape index (κ1) is 28.7. The molecular formula is C30H29BrN4O5. The van der Waals surface area contributed by atoms with Gasteiger partial charge in [0.1, 0.15) is 12.4 Å². The van der Waals surface area contributed by atoms with Crippen molar-refractivity contribution >= 4 is 38.7 Å². The zero-order chi connectivity index (χ0) is 28.8. The number of halogens is 1. The third-order valence-electron chi connectivity index (χ3n) is 6.45. The zero-order valence-electron chi connectivity index (χ0n) is 22.5. The van der Waals surface area contributed by atoms with Gasteiger partial charge in [0.15, 0.2) is 11.5 Å². The Balaban J connectivity index is 1.73. The molecule has 0 saturated heterocycles. The van der Waals surface area contributed by atoms with Gasteiger partial charge in [-0.2, -0.15) is 9.78 Å². The van der Waals surface area contributed by atoms with Gasteiger partial charge >= 0.3 is 0 Å². The van der Waals surface area contributed by atoms with E-state index in [4.69, 9.17) is 14.5 Å². The molecule has 1 heterocycles. The Hall–Kier alpha value is -4.31. The smallest absolute Gasteiger partial charge is 0.282 e. The lowest BCUT2D eigenvalue weighted by atomic mass is 10.1. The molecule has 0 unspecified atom stereocenters. The van der Waals surface area contributed by atoms with E-state index in [1.54, 1.807) is 36.6 Å². The van der Waals surface area contributed by atoms with E-state index in [1.807, 2.05) is 32.0 Å². The van der Waals surface area contributed by atoms with Gasteiger partial charge in [-0.25, -0.2) is 4.98 Å². The molecule has 206 valence electrons. The van der Waals surface area contributed by atoms with E-state index in [2.05, 4.69) is 27.6 Å². The van der Waals surface area contributed by atoms with E-state index in [9.17, 15) is 14.9 Å². The van der Waals surface area contributed by atoms with Crippen LogP contribution in [0.4, 0.5) is 5.69 Å².